The van der Waals surface area contributed by atoms with Gasteiger partial charge in [0.1, 0.15) is 11.8 Å². The maximum absolute atomic E-state index is 14.6. The van der Waals surface area contributed by atoms with Crippen LogP contribution in [-0.4, -0.2) is 107 Å². The van der Waals surface area contributed by atoms with E-state index in [0.717, 1.165) is 30.8 Å². The van der Waals surface area contributed by atoms with Crippen LogP contribution in [0.1, 0.15) is 32.3 Å². The van der Waals surface area contributed by atoms with Crippen LogP contribution in [0.2, 0.25) is 0 Å². The molecule has 6 rings (SSSR count). The summed E-state index contributed by atoms with van der Waals surface area (Å²) in [5.74, 6) is -1.24. The van der Waals surface area contributed by atoms with E-state index < -0.39 is 33.4 Å². The summed E-state index contributed by atoms with van der Waals surface area (Å²) in [4.78, 5) is 46.8. The number of thioether (sulfide) groups is 1. The molecule has 242 valence electrons. The lowest BCUT2D eigenvalue weighted by Gasteiger charge is -2.37. The first kappa shape index (κ1) is 31.8. The van der Waals surface area contributed by atoms with Gasteiger partial charge in [-0.15, -0.1) is 11.8 Å². The van der Waals surface area contributed by atoms with Gasteiger partial charge >= 0.3 is 0 Å². The number of carbonyl (C=O) groups excluding carboxylic acids is 3. The number of anilines is 1. The summed E-state index contributed by atoms with van der Waals surface area (Å²) in [7, 11) is 0. The number of fused-ring (bicyclic) bond motifs is 1. The van der Waals surface area contributed by atoms with E-state index >= 15 is 0 Å². The van der Waals surface area contributed by atoms with Crippen LogP contribution >= 0.6 is 11.8 Å². The lowest BCUT2D eigenvalue weighted by molar-refractivity contribution is -0.142. The lowest BCUT2D eigenvalue weighted by atomic mass is 9.66. The van der Waals surface area contributed by atoms with Gasteiger partial charge < -0.3 is 30.1 Å². The molecule has 6 atom stereocenters. The quantitative estimate of drug-likeness (QED) is 0.325. The van der Waals surface area contributed by atoms with Crippen LogP contribution in [0.15, 0.2) is 54.6 Å². The molecule has 4 heterocycles. The third-order valence-electron chi connectivity index (χ3n) is 9.93. The minimum absolute atomic E-state index is 0.213. The highest BCUT2D eigenvalue weighted by Gasteiger charge is 2.77. The Hall–Kier alpha value is -3.12. The van der Waals surface area contributed by atoms with Crippen molar-refractivity contribution in [3.05, 3.63) is 60.2 Å². The van der Waals surface area contributed by atoms with Gasteiger partial charge in [-0.05, 0) is 62.9 Å². The molecule has 3 amide bonds. The van der Waals surface area contributed by atoms with Crippen LogP contribution in [0.25, 0.3) is 0 Å². The standard InChI is InChI=1S/C34H44N4O6S/c1-3-44-26-11-9-24(10-12-26)36-30(40)27-28-32(42)38(25(22-39)21-23-7-5-4-6-8-23)29(34(28)14-13-33(27,2)45-34)31(41)35-15-16-37-17-19-43-20-18-37/h4-12,25,27-29,39H,3,13-22H2,1-2H3,(H,35,41)(H,36,40)/t25-,27+,28+,29?,33-,34?/m1/s1. The molecule has 10 nitrogen and oxygen atoms in total. The van der Waals surface area contributed by atoms with Crippen LogP contribution in [0.4, 0.5) is 5.69 Å². The Labute approximate surface area is 269 Å². The van der Waals surface area contributed by atoms with Crippen LogP contribution in [0, 0.1) is 11.8 Å². The summed E-state index contributed by atoms with van der Waals surface area (Å²) >= 11 is 1.63. The first-order chi connectivity index (χ1) is 21.8. The number of rotatable bonds is 12. The summed E-state index contributed by atoms with van der Waals surface area (Å²) in [5.41, 5.74) is 1.60. The zero-order chi connectivity index (χ0) is 31.6. The third-order valence-corrected chi connectivity index (χ3v) is 11.9. The Kier molecular flexibility index (Phi) is 9.42. The third kappa shape index (κ3) is 6.07. The molecule has 4 fully saturated rings. The molecule has 0 saturated carbocycles. The van der Waals surface area contributed by atoms with Crippen molar-refractivity contribution in [1.82, 2.24) is 15.1 Å². The van der Waals surface area contributed by atoms with Gasteiger partial charge in [0.25, 0.3) is 0 Å². The normalized spacial score (nSPS) is 29.8. The monoisotopic (exact) mass is 636 g/mol. The fourth-order valence-electron chi connectivity index (χ4n) is 7.87. The number of carbonyl (C=O) groups is 3. The molecule has 4 aliphatic rings. The maximum Gasteiger partial charge on any atom is 0.244 e. The van der Waals surface area contributed by atoms with Gasteiger partial charge in [-0.3, -0.25) is 19.3 Å². The summed E-state index contributed by atoms with van der Waals surface area (Å²) in [5, 5.41) is 16.9. The molecule has 0 radical (unpaired) electrons. The van der Waals surface area contributed by atoms with Gasteiger partial charge in [-0.1, -0.05) is 30.3 Å². The first-order valence-electron chi connectivity index (χ1n) is 16.1. The second-order valence-electron chi connectivity index (χ2n) is 12.7. The number of aliphatic hydroxyl groups excluding tert-OH is 1. The second kappa shape index (κ2) is 13.3. The number of hydrogen-bond donors (Lipinski definition) is 3. The van der Waals surface area contributed by atoms with Gasteiger partial charge in [0.05, 0.1) is 49.1 Å². The predicted octanol–water partition coefficient (Wildman–Crippen LogP) is 2.56. The highest BCUT2D eigenvalue weighted by atomic mass is 32.2. The summed E-state index contributed by atoms with van der Waals surface area (Å²) in [6, 6.07) is 15.6. The van der Waals surface area contributed by atoms with Gasteiger partial charge in [-0.25, -0.2) is 0 Å². The average molecular weight is 637 g/mol. The maximum atomic E-state index is 14.6. The number of nitrogens with one attached hydrogen (secondary N) is 2. The van der Waals surface area contributed by atoms with Crippen molar-refractivity contribution < 1.29 is 29.0 Å². The van der Waals surface area contributed by atoms with E-state index in [1.54, 1.807) is 28.8 Å². The SMILES string of the molecule is CCOc1ccc(NC(=O)[C@@H]2[C@H]3C(=O)N([C@@H](CO)Cc4ccccc4)C(C(=O)NCCN4CCOCC4)C34CC[C@@]2(C)S4)cc1. The number of ether oxygens (including phenoxy) is 2. The van der Waals surface area contributed by atoms with Crippen molar-refractivity contribution >= 4 is 35.2 Å². The van der Waals surface area contributed by atoms with Gasteiger partial charge in [0.2, 0.25) is 17.7 Å². The number of amides is 3. The molecular weight excluding hydrogens is 592 g/mol. The highest BCUT2D eigenvalue weighted by Crippen LogP contribution is 2.71. The predicted molar refractivity (Wildman–Crippen MR) is 173 cm³/mol. The molecule has 0 aliphatic carbocycles. The Morgan fingerprint density at radius 3 is 2.51 bits per heavy atom. The zero-order valence-electron chi connectivity index (χ0n) is 26.1. The van der Waals surface area contributed by atoms with E-state index in [1.165, 1.54) is 0 Å². The number of hydrogen-bond acceptors (Lipinski definition) is 8. The zero-order valence-corrected chi connectivity index (χ0v) is 26.9. The Bertz CT molecular complexity index is 1370. The smallest absolute Gasteiger partial charge is 0.244 e. The molecule has 2 bridgehead atoms. The minimum Gasteiger partial charge on any atom is -0.494 e. The summed E-state index contributed by atoms with van der Waals surface area (Å²) in [6.45, 7) is 8.37. The fraction of sp³-hybridized carbons (Fsp3) is 0.559. The molecule has 4 saturated heterocycles. The Morgan fingerprint density at radius 2 is 1.82 bits per heavy atom. The molecule has 45 heavy (non-hydrogen) atoms. The largest absolute Gasteiger partial charge is 0.494 e. The van der Waals surface area contributed by atoms with E-state index in [1.807, 2.05) is 49.4 Å². The second-order valence-corrected chi connectivity index (χ2v) is 14.6. The molecule has 2 aromatic rings. The first-order valence-corrected chi connectivity index (χ1v) is 16.9. The number of aliphatic hydroxyl groups is 1. The Balaban J connectivity index is 1.29. The van der Waals surface area contributed by atoms with Crippen molar-refractivity contribution in [3.63, 3.8) is 0 Å². The van der Waals surface area contributed by atoms with Crippen molar-refractivity contribution in [1.29, 1.82) is 0 Å². The van der Waals surface area contributed by atoms with Gasteiger partial charge in [-0.2, -0.15) is 0 Å². The van der Waals surface area contributed by atoms with Gasteiger partial charge in [0.15, 0.2) is 0 Å². The highest BCUT2D eigenvalue weighted by molar-refractivity contribution is 8.02. The van der Waals surface area contributed by atoms with Crippen LogP contribution in [0.3, 0.4) is 0 Å². The van der Waals surface area contributed by atoms with E-state index in [-0.39, 0.29) is 24.3 Å². The molecule has 3 N–H and O–H groups in total. The number of morpholine rings is 1. The topological polar surface area (TPSA) is 120 Å². The molecule has 4 aliphatic heterocycles. The van der Waals surface area contributed by atoms with Crippen molar-refractivity contribution in [2.45, 2.75) is 54.7 Å². The van der Waals surface area contributed by atoms with Crippen molar-refractivity contribution in [3.8, 4) is 5.75 Å². The number of benzene rings is 2. The van der Waals surface area contributed by atoms with E-state index in [2.05, 4.69) is 22.5 Å². The van der Waals surface area contributed by atoms with Crippen LogP contribution in [-0.2, 0) is 25.5 Å². The average Bonchev–Trinajstić information content (AvgIpc) is 3.62. The van der Waals surface area contributed by atoms with Crippen molar-refractivity contribution in [2.75, 3.05) is 57.9 Å². The van der Waals surface area contributed by atoms with Crippen molar-refractivity contribution in [2.24, 2.45) is 11.8 Å². The van der Waals surface area contributed by atoms with Crippen LogP contribution < -0.4 is 15.4 Å². The molecule has 0 aromatic heterocycles. The Morgan fingerprint density at radius 1 is 1.09 bits per heavy atom. The minimum atomic E-state index is -0.796. The number of likely N-dealkylation sites (tertiary alicyclic amines) is 1. The van der Waals surface area contributed by atoms with Gasteiger partial charge in [0, 0.05) is 36.6 Å². The number of nitrogens with zero attached hydrogens (tertiary/aromatic N) is 2. The van der Waals surface area contributed by atoms with E-state index in [4.69, 9.17) is 9.47 Å². The molecule has 2 aromatic carbocycles. The lowest BCUT2D eigenvalue weighted by Crippen LogP contribution is -2.57. The molecular formula is C34H44N4O6S. The van der Waals surface area contributed by atoms with E-state index in [0.29, 0.717) is 51.4 Å². The summed E-state index contributed by atoms with van der Waals surface area (Å²) < 4.78 is 9.74. The fourth-order valence-corrected chi connectivity index (χ4v) is 10.2. The molecule has 1 spiro atoms. The molecule has 11 heteroatoms. The molecule has 2 unspecified atom stereocenters. The summed E-state index contributed by atoms with van der Waals surface area (Å²) in [6.07, 6.45) is 1.78. The van der Waals surface area contributed by atoms with Crippen LogP contribution in [0.5, 0.6) is 5.75 Å². The van der Waals surface area contributed by atoms with E-state index in [9.17, 15) is 19.5 Å².